The number of nitrogens with one attached hydrogen (secondary N) is 1. The van der Waals surface area contributed by atoms with E-state index in [-0.39, 0.29) is 22.2 Å². The number of hydrogen-bond acceptors (Lipinski definition) is 4. The van der Waals surface area contributed by atoms with Gasteiger partial charge in [-0.1, -0.05) is 11.6 Å². The van der Waals surface area contributed by atoms with E-state index in [0.717, 1.165) is 29.3 Å². The van der Waals surface area contributed by atoms with Gasteiger partial charge in [-0.25, -0.2) is 0 Å². The first kappa shape index (κ1) is 16.5. The summed E-state index contributed by atoms with van der Waals surface area (Å²) in [5.74, 6) is -0.305. The first-order chi connectivity index (χ1) is 12.4. The number of nitro groups is 1. The molecule has 0 radical (unpaired) electrons. The molecule has 8 heteroatoms. The minimum atomic E-state index is -0.621. The summed E-state index contributed by atoms with van der Waals surface area (Å²) in [5.41, 5.74) is 3.52. The van der Waals surface area contributed by atoms with E-state index in [1.165, 1.54) is 12.1 Å². The van der Waals surface area contributed by atoms with Crippen molar-refractivity contribution in [3.8, 4) is 0 Å². The Morgan fingerprint density at radius 2 is 1.88 bits per heavy atom. The fourth-order valence-electron chi connectivity index (χ4n) is 3.53. The smallest absolute Gasteiger partial charge is 0.288 e. The maximum absolute atomic E-state index is 12.5. The lowest BCUT2D eigenvalue weighted by Gasteiger charge is -2.25. The van der Waals surface area contributed by atoms with Crippen LogP contribution in [0.2, 0.25) is 5.02 Å². The van der Waals surface area contributed by atoms with Gasteiger partial charge < -0.3 is 10.2 Å². The lowest BCUT2D eigenvalue weighted by atomic mass is 9.98. The number of carbonyl (C=O) groups excluding carboxylic acids is 2. The van der Waals surface area contributed by atoms with Gasteiger partial charge in [0.15, 0.2) is 0 Å². The molecule has 1 N–H and O–H groups in total. The number of aryl methyl sites for hydroxylation is 1. The summed E-state index contributed by atoms with van der Waals surface area (Å²) in [4.78, 5) is 36.6. The number of rotatable bonds is 3. The average Bonchev–Trinajstić information content (AvgIpc) is 3.03. The molecule has 0 atom stereocenters. The first-order valence-electron chi connectivity index (χ1n) is 8.15. The van der Waals surface area contributed by atoms with E-state index in [4.69, 9.17) is 11.6 Å². The van der Waals surface area contributed by atoms with Gasteiger partial charge in [0.25, 0.3) is 11.6 Å². The molecule has 7 nitrogen and oxygen atoms in total. The minimum absolute atomic E-state index is 0.0155. The Balaban J connectivity index is 1.63. The number of anilines is 2. The number of benzene rings is 2. The largest absolute Gasteiger partial charge is 0.322 e. The van der Waals surface area contributed by atoms with E-state index in [1.54, 1.807) is 0 Å². The molecule has 0 spiro atoms. The molecule has 0 saturated carbocycles. The van der Waals surface area contributed by atoms with E-state index in [9.17, 15) is 19.7 Å². The van der Waals surface area contributed by atoms with E-state index in [0.29, 0.717) is 25.1 Å². The molecule has 2 aromatic rings. The number of nitro benzene ring substituents is 1. The Hall–Kier alpha value is -2.93. The lowest BCUT2D eigenvalue weighted by molar-refractivity contribution is -0.384. The number of amides is 2. The highest BCUT2D eigenvalue weighted by Gasteiger charge is 2.31. The minimum Gasteiger partial charge on any atom is -0.322 e. The third kappa shape index (κ3) is 2.70. The summed E-state index contributed by atoms with van der Waals surface area (Å²) in [5, 5.41) is 13.8. The van der Waals surface area contributed by atoms with Crippen molar-refractivity contribution < 1.29 is 14.5 Å². The molecule has 2 aromatic carbocycles. The first-order valence-corrected chi connectivity index (χ1v) is 8.53. The molecular weight excluding hydrogens is 358 g/mol. The topological polar surface area (TPSA) is 92.6 Å². The van der Waals surface area contributed by atoms with Crippen LogP contribution in [-0.4, -0.2) is 23.3 Å². The molecule has 0 bridgehead atoms. The summed E-state index contributed by atoms with van der Waals surface area (Å²) < 4.78 is 0. The van der Waals surface area contributed by atoms with Crippen molar-refractivity contribution in [3.63, 3.8) is 0 Å². The van der Waals surface area contributed by atoms with E-state index < -0.39 is 10.8 Å². The van der Waals surface area contributed by atoms with Crippen LogP contribution in [0.5, 0.6) is 0 Å². The third-order valence-corrected chi connectivity index (χ3v) is 5.03. The Labute approximate surface area is 153 Å². The number of nitrogens with zero attached hydrogens (tertiary/aromatic N) is 2. The highest BCUT2D eigenvalue weighted by Crippen LogP contribution is 2.38. The highest BCUT2D eigenvalue weighted by atomic mass is 35.5. The molecule has 2 aliphatic rings. The summed E-state index contributed by atoms with van der Waals surface area (Å²) >= 11 is 5.79. The number of hydrogen-bond donors (Lipinski definition) is 1. The second-order valence-electron chi connectivity index (χ2n) is 6.32. The van der Waals surface area contributed by atoms with Crippen LogP contribution < -0.4 is 10.2 Å². The monoisotopic (exact) mass is 371 g/mol. The SMILES string of the molecule is O=C(Nc1cc2c3c(c1)CCN3C(=O)CC2)c1ccc(Cl)c([N+](=O)[O-])c1. The van der Waals surface area contributed by atoms with Crippen molar-refractivity contribution in [3.05, 3.63) is 62.2 Å². The van der Waals surface area contributed by atoms with Crippen LogP contribution >= 0.6 is 11.6 Å². The molecule has 0 saturated heterocycles. The molecule has 0 aliphatic carbocycles. The summed E-state index contributed by atoms with van der Waals surface area (Å²) in [6.07, 6.45) is 1.87. The normalized spacial score (nSPS) is 15.0. The number of carbonyl (C=O) groups is 2. The molecule has 2 heterocycles. The standard InChI is InChI=1S/C18H14ClN3O4/c19-14-3-1-12(9-15(14)22(25)26)18(24)20-13-7-10-2-4-16(23)21-6-5-11(8-13)17(10)21/h1,3,7-9H,2,4-6H2,(H,20,24). The maximum atomic E-state index is 12.5. The fraction of sp³-hybridized carbons (Fsp3) is 0.222. The Morgan fingerprint density at radius 1 is 1.15 bits per heavy atom. The van der Waals surface area contributed by atoms with Gasteiger partial charge in [0.05, 0.1) is 10.6 Å². The molecule has 4 rings (SSSR count). The highest BCUT2D eigenvalue weighted by molar-refractivity contribution is 6.32. The van der Waals surface area contributed by atoms with Crippen LogP contribution in [0, 0.1) is 10.1 Å². The third-order valence-electron chi connectivity index (χ3n) is 4.71. The Kier molecular flexibility index (Phi) is 3.88. The van der Waals surface area contributed by atoms with Crippen molar-refractivity contribution in [1.29, 1.82) is 0 Å². The zero-order valence-corrected chi connectivity index (χ0v) is 14.4. The van der Waals surface area contributed by atoms with Gasteiger partial charge in [0, 0.05) is 30.3 Å². The van der Waals surface area contributed by atoms with Gasteiger partial charge >= 0.3 is 0 Å². The van der Waals surface area contributed by atoms with Crippen LogP contribution in [0.1, 0.15) is 27.9 Å². The van der Waals surface area contributed by atoms with Crippen molar-refractivity contribution in [2.24, 2.45) is 0 Å². The van der Waals surface area contributed by atoms with Crippen LogP contribution in [0.4, 0.5) is 17.1 Å². The van der Waals surface area contributed by atoms with Crippen LogP contribution in [0.3, 0.4) is 0 Å². The zero-order chi connectivity index (χ0) is 18.4. The summed E-state index contributed by atoms with van der Waals surface area (Å²) in [6.45, 7) is 0.669. The van der Waals surface area contributed by atoms with Crippen LogP contribution in [-0.2, 0) is 17.6 Å². The van der Waals surface area contributed by atoms with Gasteiger partial charge in [-0.15, -0.1) is 0 Å². The Morgan fingerprint density at radius 3 is 2.62 bits per heavy atom. The van der Waals surface area contributed by atoms with Crippen LogP contribution in [0.15, 0.2) is 30.3 Å². The molecule has 0 fully saturated rings. The Bertz CT molecular complexity index is 973. The predicted octanol–water partition coefficient (Wildman–Crippen LogP) is 3.34. The summed E-state index contributed by atoms with van der Waals surface area (Å²) in [7, 11) is 0. The predicted molar refractivity (Wildman–Crippen MR) is 96.9 cm³/mol. The number of halogens is 1. The van der Waals surface area contributed by atoms with Gasteiger partial charge in [0.1, 0.15) is 5.02 Å². The molecule has 2 aliphatic heterocycles. The fourth-order valence-corrected chi connectivity index (χ4v) is 3.71. The van der Waals surface area contributed by atoms with Gasteiger partial charge in [-0.3, -0.25) is 19.7 Å². The molecular formula is C18H14ClN3O4. The zero-order valence-electron chi connectivity index (χ0n) is 13.6. The molecule has 0 aromatic heterocycles. The van der Waals surface area contributed by atoms with Crippen molar-refractivity contribution in [1.82, 2.24) is 0 Å². The van der Waals surface area contributed by atoms with E-state index in [2.05, 4.69) is 5.32 Å². The molecule has 26 heavy (non-hydrogen) atoms. The van der Waals surface area contributed by atoms with Gasteiger partial charge in [-0.2, -0.15) is 0 Å². The van der Waals surface area contributed by atoms with Gasteiger partial charge in [-0.05, 0) is 48.2 Å². The van der Waals surface area contributed by atoms with E-state index >= 15 is 0 Å². The second-order valence-corrected chi connectivity index (χ2v) is 6.72. The van der Waals surface area contributed by atoms with Crippen molar-refractivity contribution >= 4 is 40.5 Å². The molecule has 2 amide bonds. The second kappa shape index (κ2) is 6.10. The lowest BCUT2D eigenvalue weighted by Crippen LogP contribution is -2.32. The quantitative estimate of drug-likeness (QED) is 0.661. The van der Waals surface area contributed by atoms with Crippen LogP contribution in [0.25, 0.3) is 0 Å². The van der Waals surface area contributed by atoms with Crippen molar-refractivity contribution in [2.75, 3.05) is 16.8 Å². The van der Waals surface area contributed by atoms with E-state index in [1.807, 2.05) is 17.0 Å². The average molecular weight is 372 g/mol. The maximum Gasteiger partial charge on any atom is 0.288 e. The van der Waals surface area contributed by atoms with Gasteiger partial charge in [0.2, 0.25) is 5.91 Å². The molecule has 0 unspecified atom stereocenters. The molecule has 132 valence electrons. The summed E-state index contributed by atoms with van der Waals surface area (Å²) in [6, 6.07) is 7.67. The van der Waals surface area contributed by atoms with Crippen molar-refractivity contribution in [2.45, 2.75) is 19.3 Å².